The average molecular weight is 284 g/mol. The van der Waals surface area contributed by atoms with E-state index in [0.29, 0.717) is 0 Å². The highest BCUT2D eigenvalue weighted by Gasteiger charge is 2.22. The predicted molar refractivity (Wildman–Crippen MR) is 66.3 cm³/mol. The minimum Gasteiger partial charge on any atom is -0.323 e. The molecule has 1 aliphatic rings. The molecule has 0 aliphatic carbocycles. The number of carbonyl (C=O) groups excluding carboxylic acids is 1. The monoisotopic (exact) mass is 283 g/mol. The molecule has 1 amide bonds. The van der Waals surface area contributed by atoms with Gasteiger partial charge in [0, 0.05) is 0 Å². The number of carbonyl (C=O) groups is 1. The van der Waals surface area contributed by atoms with E-state index in [1.807, 2.05) is 19.1 Å². The SMILES string of the molecule is Cc1nc(Br)ccc1NC(=O)C1CCCN1. The first-order valence-electron chi connectivity index (χ1n) is 5.34. The molecule has 2 N–H and O–H groups in total. The highest BCUT2D eigenvalue weighted by Crippen LogP contribution is 2.17. The Morgan fingerprint density at radius 3 is 3.06 bits per heavy atom. The summed E-state index contributed by atoms with van der Waals surface area (Å²) in [6.45, 7) is 2.80. The fraction of sp³-hybridized carbons (Fsp3) is 0.455. The maximum Gasteiger partial charge on any atom is 0.241 e. The van der Waals surface area contributed by atoms with Gasteiger partial charge in [-0.05, 0) is 54.4 Å². The third kappa shape index (κ3) is 2.59. The molecule has 0 saturated carbocycles. The molecule has 1 unspecified atom stereocenters. The highest BCUT2D eigenvalue weighted by molar-refractivity contribution is 9.10. The topological polar surface area (TPSA) is 54.0 Å². The van der Waals surface area contributed by atoms with Gasteiger partial charge in [0.25, 0.3) is 0 Å². The Bertz CT molecular complexity index is 402. The summed E-state index contributed by atoms with van der Waals surface area (Å²) in [5.74, 6) is 0.0322. The van der Waals surface area contributed by atoms with Gasteiger partial charge in [-0.25, -0.2) is 4.98 Å². The molecule has 0 bridgehead atoms. The summed E-state index contributed by atoms with van der Waals surface area (Å²) < 4.78 is 0.780. The molecule has 1 saturated heterocycles. The van der Waals surface area contributed by atoms with E-state index in [2.05, 4.69) is 31.5 Å². The molecule has 2 rings (SSSR count). The molecule has 2 heterocycles. The van der Waals surface area contributed by atoms with Crippen molar-refractivity contribution in [3.63, 3.8) is 0 Å². The summed E-state index contributed by atoms with van der Waals surface area (Å²) in [5, 5.41) is 6.06. The van der Waals surface area contributed by atoms with E-state index in [9.17, 15) is 4.79 Å². The molecule has 1 aromatic heterocycles. The largest absolute Gasteiger partial charge is 0.323 e. The second-order valence-electron chi connectivity index (χ2n) is 3.91. The Hall–Kier alpha value is -0.940. The first kappa shape index (κ1) is 11.5. The van der Waals surface area contributed by atoms with E-state index in [1.54, 1.807) is 0 Å². The van der Waals surface area contributed by atoms with Crippen molar-refractivity contribution in [2.45, 2.75) is 25.8 Å². The molecule has 86 valence electrons. The van der Waals surface area contributed by atoms with Crippen LogP contribution in [-0.2, 0) is 4.79 Å². The van der Waals surface area contributed by atoms with Gasteiger partial charge in [-0.3, -0.25) is 4.79 Å². The lowest BCUT2D eigenvalue weighted by Gasteiger charge is -2.12. The first-order valence-corrected chi connectivity index (χ1v) is 6.13. The third-order valence-corrected chi connectivity index (χ3v) is 3.13. The molecule has 1 aliphatic heterocycles. The number of nitrogens with zero attached hydrogens (tertiary/aromatic N) is 1. The van der Waals surface area contributed by atoms with Gasteiger partial charge < -0.3 is 10.6 Å². The molecule has 1 fully saturated rings. The number of anilines is 1. The van der Waals surface area contributed by atoms with Crippen molar-refractivity contribution in [2.75, 3.05) is 11.9 Å². The Morgan fingerprint density at radius 1 is 1.62 bits per heavy atom. The Labute approximate surface area is 103 Å². The van der Waals surface area contributed by atoms with Crippen LogP contribution in [0.25, 0.3) is 0 Å². The van der Waals surface area contributed by atoms with Crippen molar-refractivity contribution in [2.24, 2.45) is 0 Å². The van der Waals surface area contributed by atoms with Gasteiger partial charge in [0.05, 0.1) is 17.4 Å². The predicted octanol–water partition coefficient (Wildman–Crippen LogP) is 1.84. The molecule has 0 aromatic carbocycles. The van der Waals surface area contributed by atoms with Crippen molar-refractivity contribution in [3.05, 3.63) is 22.4 Å². The van der Waals surface area contributed by atoms with Crippen LogP contribution < -0.4 is 10.6 Å². The second kappa shape index (κ2) is 4.93. The van der Waals surface area contributed by atoms with Gasteiger partial charge in [0.15, 0.2) is 0 Å². The molecule has 1 aromatic rings. The standard InChI is InChI=1S/C11H14BrN3O/c1-7-8(4-5-10(12)14-7)15-11(16)9-3-2-6-13-9/h4-5,9,13H,2-3,6H2,1H3,(H,15,16). The number of halogens is 1. The van der Waals surface area contributed by atoms with Crippen molar-refractivity contribution < 1.29 is 4.79 Å². The van der Waals surface area contributed by atoms with Gasteiger partial charge in [-0.2, -0.15) is 0 Å². The number of aromatic nitrogens is 1. The van der Waals surface area contributed by atoms with Crippen LogP contribution in [0.1, 0.15) is 18.5 Å². The zero-order valence-electron chi connectivity index (χ0n) is 9.09. The van der Waals surface area contributed by atoms with E-state index >= 15 is 0 Å². The van der Waals surface area contributed by atoms with Crippen LogP contribution in [0.5, 0.6) is 0 Å². The van der Waals surface area contributed by atoms with Crippen LogP contribution in [-0.4, -0.2) is 23.5 Å². The van der Waals surface area contributed by atoms with Crippen LogP contribution >= 0.6 is 15.9 Å². The minimum absolute atomic E-state index is 0.0322. The molecule has 0 radical (unpaired) electrons. The quantitative estimate of drug-likeness (QED) is 0.815. The van der Waals surface area contributed by atoms with Gasteiger partial charge >= 0.3 is 0 Å². The van der Waals surface area contributed by atoms with Crippen LogP contribution in [0, 0.1) is 6.92 Å². The number of aryl methyl sites for hydroxylation is 1. The normalized spacial score (nSPS) is 19.8. The van der Waals surface area contributed by atoms with Crippen LogP contribution in [0.3, 0.4) is 0 Å². The smallest absolute Gasteiger partial charge is 0.241 e. The fourth-order valence-corrected chi connectivity index (χ4v) is 2.19. The number of hydrogen-bond donors (Lipinski definition) is 2. The number of pyridine rings is 1. The summed E-state index contributed by atoms with van der Waals surface area (Å²) in [4.78, 5) is 16.1. The lowest BCUT2D eigenvalue weighted by molar-refractivity contribution is -0.117. The summed E-state index contributed by atoms with van der Waals surface area (Å²) in [7, 11) is 0. The Morgan fingerprint density at radius 2 is 2.44 bits per heavy atom. The van der Waals surface area contributed by atoms with Crippen molar-refractivity contribution in [1.82, 2.24) is 10.3 Å². The van der Waals surface area contributed by atoms with Crippen molar-refractivity contribution >= 4 is 27.5 Å². The van der Waals surface area contributed by atoms with Crippen LogP contribution in [0.15, 0.2) is 16.7 Å². The number of rotatable bonds is 2. The molecule has 4 nitrogen and oxygen atoms in total. The maximum atomic E-state index is 11.8. The fourth-order valence-electron chi connectivity index (χ4n) is 1.79. The average Bonchev–Trinajstić information content (AvgIpc) is 2.75. The number of amides is 1. The van der Waals surface area contributed by atoms with E-state index in [1.165, 1.54) is 0 Å². The van der Waals surface area contributed by atoms with Gasteiger partial charge in [0.2, 0.25) is 5.91 Å². The summed E-state index contributed by atoms with van der Waals surface area (Å²) >= 11 is 3.29. The molecule has 5 heteroatoms. The lowest BCUT2D eigenvalue weighted by Crippen LogP contribution is -2.35. The van der Waals surface area contributed by atoms with E-state index in [0.717, 1.165) is 35.4 Å². The minimum atomic E-state index is -0.0527. The first-order chi connectivity index (χ1) is 7.66. The number of nitrogens with one attached hydrogen (secondary N) is 2. The lowest BCUT2D eigenvalue weighted by atomic mass is 10.2. The Kier molecular flexibility index (Phi) is 3.56. The van der Waals surface area contributed by atoms with Crippen LogP contribution in [0.4, 0.5) is 5.69 Å². The van der Waals surface area contributed by atoms with Crippen LogP contribution in [0.2, 0.25) is 0 Å². The highest BCUT2D eigenvalue weighted by atomic mass is 79.9. The zero-order valence-corrected chi connectivity index (χ0v) is 10.7. The van der Waals surface area contributed by atoms with Crippen molar-refractivity contribution in [1.29, 1.82) is 0 Å². The zero-order chi connectivity index (χ0) is 11.5. The molecular weight excluding hydrogens is 270 g/mol. The summed E-state index contributed by atoms with van der Waals surface area (Å²) in [6.07, 6.45) is 1.98. The third-order valence-electron chi connectivity index (χ3n) is 2.69. The molecule has 1 atom stereocenters. The van der Waals surface area contributed by atoms with Gasteiger partial charge in [-0.15, -0.1) is 0 Å². The van der Waals surface area contributed by atoms with Gasteiger partial charge in [-0.1, -0.05) is 0 Å². The molecule has 0 spiro atoms. The maximum absolute atomic E-state index is 11.8. The number of hydrogen-bond acceptors (Lipinski definition) is 3. The van der Waals surface area contributed by atoms with Crippen molar-refractivity contribution in [3.8, 4) is 0 Å². The Balaban J connectivity index is 2.05. The summed E-state index contributed by atoms with van der Waals surface area (Å²) in [5.41, 5.74) is 1.60. The van der Waals surface area contributed by atoms with E-state index in [4.69, 9.17) is 0 Å². The van der Waals surface area contributed by atoms with Gasteiger partial charge in [0.1, 0.15) is 4.60 Å². The molecule has 16 heavy (non-hydrogen) atoms. The molecular formula is C11H14BrN3O. The second-order valence-corrected chi connectivity index (χ2v) is 4.72. The summed E-state index contributed by atoms with van der Waals surface area (Å²) in [6, 6.07) is 3.63. The van der Waals surface area contributed by atoms with E-state index in [-0.39, 0.29) is 11.9 Å². The van der Waals surface area contributed by atoms with E-state index < -0.39 is 0 Å².